The molecule has 1 aromatic rings. The topological polar surface area (TPSA) is 46.2 Å². The van der Waals surface area contributed by atoms with Gasteiger partial charge in [-0.3, -0.25) is 0 Å². The lowest BCUT2D eigenvalue weighted by Gasteiger charge is -2.30. The summed E-state index contributed by atoms with van der Waals surface area (Å²) in [4.78, 5) is 0. The van der Waals surface area contributed by atoms with Gasteiger partial charge in [-0.2, -0.15) is 0 Å². The van der Waals surface area contributed by atoms with Gasteiger partial charge >= 0.3 is 0 Å². The second kappa shape index (κ2) is 6.53. The van der Waals surface area contributed by atoms with Crippen LogP contribution in [0, 0.1) is 5.41 Å². The third kappa shape index (κ3) is 4.32. The average Bonchev–Trinajstić information content (AvgIpc) is 2.37. The van der Waals surface area contributed by atoms with Crippen molar-refractivity contribution < 1.29 is 5.11 Å². The summed E-state index contributed by atoms with van der Waals surface area (Å²) < 4.78 is 0. The Hall–Kier alpha value is -0.860. The van der Waals surface area contributed by atoms with E-state index in [0.717, 1.165) is 19.3 Å². The molecule has 0 aliphatic heterocycles. The molecule has 0 bridgehead atoms. The quantitative estimate of drug-likeness (QED) is 0.827. The maximum absolute atomic E-state index is 9.67. The molecule has 1 unspecified atom stereocenters. The van der Waals surface area contributed by atoms with Gasteiger partial charge in [0.25, 0.3) is 0 Å². The second-order valence-corrected chi connectivity index (χ2v) is 6.74. The molecule has 0 saturated carbocycles. The Bertz CT molecular complexity index is 371. The van der Waals surface area contributed by atoms with E-state index in [1.807, 2.05) is 0 Å². The van der Waals surface area contributed by atoms with Gasteiger partial charge in [0.15, 0.2) is 0 Å². The Balaban J connectivity index is 2.86. The molecule has 2 heteroatoms. The van der Waals surface area contributed by atoms with Crippen molar-refractivity contribution >= 4 is 0 Å². The Morgan fingerprint density at radius 1 is 1.11 bits per heavy atom. The molecule has 0 aromatic heterocycles. The number of hydrogen-bond acceptors (Lipinski definition) is 2. The number of rotatable bonds is 6. The number of benzene rings is 1. The lowest BCUT2D eigenvalue weighted by molar-refractivity contribution is 0.121. The molecule has 0 aliphatic rings. The molecular formula is C17H29NO. The van der Waals surface area contributed by atoms with Crippen LogP contribution in [0.25, 0.3) is 0 Å². The largest absolute Gasteiger partial charge is 0.396 e. The van der Waals surface area contributed by atoms with Crippen LogP contribution in [0.5, 0.6) is 0 Å². The molecule has 0 spiro atoms. The zero-order valence-electron chi connectivity index (χ0n) is 12.9. The van der Waals surface area contributed by atoms with Crippen LogP contribution in [0.3, 0.4) is 0 Å². The average molecular weight is 263 g/mol. The number of aliphatic hydroxyl groups is 1. The highest BCUT2D eigenvalue weighted by Crippen LogP contribution is 2.29. The van der Waals surface area contributed by atoms with Gasteiger partial charge in [0.05, 0.1) is 6.61 Å². The summed E-state index contributed by atoms with van der Waals surface area (Å²) >= 11 is 0. The van der Waals surface area contributed by atoms with Gasteiger partial charge in [-0.1, -0.05) is 58.4 Å². The van der Waals surface area contributed by atoms with Gasteiger partial charge < -0.3 is 10.8 Å². The first-order valence-corrected chi connectivity index (χ1v) is 7.27. The zero-order valence-corrected chi connectivity index (χ0v) is 12.9. The minimum Gasteiger partial charge on any atom is -0.396 e. The molecule has 0 fully saturated rings. The van der Waals surface area contributed by atoms with E-state index in [1.54, 1.807) is 0 Å². The standard InChI is InChI=1S/C17H29NO/c1-5-10-17(12-18,13-19)11-14-6-8-15(9-7-14)16(2,3)4/h6-9,19H,5,10-13,18H2,1-4H3. The summed E-state index contributed by atoms with van der Waals surface area (Å²) in [5.41, 5.74) is 8.53. The monoisotopic (exact) mass is 263 g/mol. The fourth-order valence-corrected chi connectivity index (χ4v) is 2.55. The zero-order chi connectivity index (χ0) is 14.5. The second-order valence-electron chi connectivity index (χ2n) is 6.74. The molecule has 1 rings (SSSR count). The third-order valence-corrected chi connectivity index (χ3v) is 3.95. The van der Waals surface area contributed by atoms with Gasteiger partial charge in [0.2, 0.25) is 0 Å². The molecule has 1 atom stereocenters. The Morgan fingerprint density at radius 3 is 2.05 bits per heavy atom. The predicted octanol–water partition coefficient (Wildman–Crippen LogP) is 3.26. The van der Waals surface area contributed by atoms with Crippen molar-refractivity contribution in [1.82, 2.24) is 0 Å². The maximum Gasteiger partial charge on any atom is 0.0502 e. The first-order chi connectivity index (χ1) is 8.87. The van der Waals surface area contributed by atoms with Crippen LogP contribution in [0.2, 0.25) is 0 Å². The van der Waals surface area contributed by atoms with Crippen molar-refractivity contribution in [2.75, 3.05) is 13.2 Å². The number of aliphatic hydroxyl groups excluding tert-OH is 1. The normalized spacial score (nSPS) is 15.3. The van der Waals surface area contributed by atoms with Gasteiger partial charge in [0.1, 0.15) is 0 Å². The molecule has 2 nitrogen and oxygen atoms in total. The van der Waals surface area contributed by atoms with Gasteiger partial charge in [-0.15, -0.1) is 0 Å². The maximum atomic E-state index is 9.67. The SMILES string of the molecule is CCCC(CN)(CO)Cc1ccc(C(C)(C)C)cc1. The van der Waals surface area contributed by atoms with Crippen LogP contribution in [0.15, 0.2) is 24.3 Å². The van der Waals surface area contributed by atoms with E-state index >= 15 is 0 Å². The van der Waals surface area contributed by atoms with E-state index < -0.39 is 0 Å². The van der Waals surface area contributed by atoms with E-state index in [0.29, 0.717) is 6.54 Å². The summed E-state index contributed by atoms with van der Waals surface area (Å²) in [6, 6.07) is 8.74. The first-order valence-electron chi connectivity index (χ1n) is 7.27. The molecule has 0 radical (unpaired) electrons. The summed E-state index contributed by atoms with van der Waals surface area (Å²) in [5.74, 6) is 0. The fraction of sp³-hybridized carbons (Fsp3) is 0.647. The Morgan fingerprint density at radius 2 is 1.68 bits per heavy atom. The fourth-order valence-electron chi connectivity index (χ4n) is 2.55. The predicted molar refractivity (Wildman–Crippen MR) is 82.3 cm³/mol. The molecule has 19 heavy (non-hydrogen) atoms. The molecule has 0 aliphatic carbocycles. The smallest absolute Gasteiger partial charge is 0.0502 e. The van der Waals surface area contributed by atoms with Crippen LogP contribution < -0.4 is 5.73 Å². The Labute approximate surface area is 118 Å². The molecule has 108 valence electrons. The van der Waals surface area contributed by atoms with E-state index in [9.17, 15) is 5.11 Å². The van der Waals surface area contributed by atoms with Gasteiger partial charge in [-0.05, 0) is 29.4 Å². The van der Waals surface area contributed by atoms with Gasteiger partial charge in [0, 0.05) is 12.0 Å². The summed E-state index contributed by atoms with van der Waals surface area (Å²) in [6.45, 7) is 9.50. The highest BCUT2D eigenvalue weighted by molar-refractivity contribution is 5.28. The van der Waals surface area contributed by atoms with E-state index in [2.05, 4.69) is 52.0 Å². The van der Waals surface area contributed by atoms with Crippen molar-refractivity contribution in [1.29, 1.82) is 0 Å². The third-order valence-electron chi connectivity index (χ3n) is 3.95. The van der Waals surface area contributed by atoms with Crippen molar-refractivity contribution in [3.05, 3.63) is 35.4 Å². The van der Waals surface area contributed by atoms with E-state index in [-0.39, 0.29) is 17.4 Å². The highest BCUT2D eigenvalue weighted by Gasteiger charge is 2.27. The summed E-state index contributed by atoms with van der Waals surface area (Å²) in [6.07, 6.45) is 2.89. The lowest BCUT2D eigenvalue weighted by Crippen LogP contribution is -2.36. The first kappa shape index (κ1) is 16.2. The van der Waals surface area contributed by atoms with Crippen molar-refractivity contribution in [3.8, 4) is 0 Å². The minimum absolute atomic E-state index is 0.155. The number of hydrogen-bond donors (Lipinski definition) is 2. The Kier molecular flexibility index (Phi) is 5.57. The van der Waals surface area contributed by atoms with Crippen molar-refractivity contribution in [2.24, 2.45) is 11.1 Å². The minimum atomic E-state index is -0.155. The van der Waals surface area contributed by atoms with Crippen LogP contribution in [-0.2, 0) is 11.8 Å². The van der Waals surface area contributed by atoms with Gasteiger partial charge in [-0.25, -0.2) is 0 Å². The molecule has 0 saturated heterocycles. The van der Waals surface area contributed by atoms with Crippen LogP contribution in [-0.4, -0.2) is 18.3 Å². The van der Waals surface area contributed by atoms with E-state index in [1.165, 1.54) is 11.1 Å². The summed E-state index contributed by atoms with van der Waals surface area (Å²) in [7, 11) is 0. The molecule has 0 amide bonds. The molecule has 1 aromatic carbocycles. The molecular weight excluding hydrogens is 234 g/mol. The van der Waals surface area contributed by atoms with Crippen molar-refractivity contribution in [2.45, 2.75) is 52.4 Å². The van der Waals surface area contributed by atoms with Crippen LogP contribution in [0.1, 0.15) is 51.7 Å². The lowest BCUT2D eigenvalue weighted by atomic mass is 9.78. The van der Waals surface area contributed by atoms with E-state index in [4.69, 9.17) is 5.73 Å². The highest BCUT2D eigenvalue weighted by atomic mass is 16.3. The van der Waals surface area contributed by atoms with Crippen molar-refractivity contribution in [3.63, 3.8) is 0 Å². The van der Waals surface area contributed by atoms with Crippen LogP contribution in [0.4, 0.5) is 0 Å². The summed E-state index contributed by atoms with van der Waals surface area (Å²) in [5, 5.41) is 9.67. The number of nitrogens with two attached hydrogens (primary N) is 1. The molecule has 3 N–H and O–H groups in total. The van der Waals surface area contributed by atoms with Crippen LogP contribution >= 0.6 is 0 Å². The molecule has 0 heterocycles.